The van der Waals surface area contributed by atoms with Crippen LogP contribution in [0.4, 0.5) is 0 Å². The van der Waals surface area contributed by atoms with Crippen LogP contribution in [0.2, 0.25) is 4.34 Å². The Hall–Kier alpha value is -0.160. The lowest BCUT2D eigenvalue weighted by Crippen LogP contribution is -2.08. The first-order chi connectivity index (χ1) is 6.27. The zero-order chi connectivity index (χ0) is 9.68. The molecule has 0 amide bonds. The Bertz CT molecular complexity index is 248. The van der Waals surface area contributed by atoms with Gasteiger partial charge in [-0.05, 0) is 13.8 Å². The monoisotopic (exact) mass is 221 g/mol. The molecule has 0 radical (unpaired) electrons. The van der Waals surface area contributed by atoms with Crippen LogP contribution in [0.1, 0.15) is 25.1 Å². The molecule has 0 N–H and O–H groups in total. The Kier molecular flexibility index (Phi) is 4.66. The fourth-order valence-corrected chi connectivity index (χ4v) is 1.80. The summed E-state index contributed by atoms with van der Waals surface area (Å²) in [5.41, 5.74) is 0. The Morgan fingerprint density at radius 1 is 1.46 bits per heavy atom. The average Bonchev–Trinajstić information content (AvgIpc) is 2.51. The lowest BCUT2D eigenvalue weighted by Gasteiger charge is -2.13. The van der Waals surface area contributed by atoms with Crippen molar-refractivity contribution in [3.63, 3.8) is 0 Å². The highest BCUT2D eigenvalue weighted by atomic mass is 35.5. The maximum atomic E-state index is 5.75. The molecule has 1 aromatic rings. The van der Waals surface area contributed by atoms with Crippen LogP contribution < -0.4 is 0 Å². The average molecular weight is 222 g/mol. The fourth-order valence-electron chi connectivity index (χ4n) is 0.869. The van der Waals surface area contributed by atoms with Gasteiger partial charge in [0, 0.05) is 13.2 Å². The smallest absolute Gasteiger partial charge is 0.210 e. The van der Waals surface area contributed by atoms with Gasteiger partial charge in [-0.2, -0.15) is 0 Å². The van der Waals surface area contributed by atoms with Gasteiger partial charge >= 0.3 is 0 Å². The van der Waals surface area contributed by atoms with Gasteiger partial charge in [0.25, 0.3) is 0 Å². The molecular weight excluding hydrogens is 210 g/mol. The van der Waals surface area contributed by atoms with Gasteiger partial charge in [0.05, 0.1) is 6.20 Å². The topological polar surface area (TPSA) is 31.4 Å². The van der Waals surface area contributed by atoms with Gasteiger partial charge < -0.3 is 9.47 Å². The van der Waals surface area contributed by atoms with Gasteiger partial charge in [-0.15, -0.1) is 11.3 Å². The molecule has 0 saturated heterocycles. The van der Waals surface area contributed by atoms with Crippen LogP contribution in [0.25, 0.3) is 0 Å². The van der Waals surface area contributed by atoms with Crippen molar-refractivity contribution in [2.24, 2.45) is 0 Å². The van der Waals surface area contributed by atoms with E-state index in [9.17, 15) is 0 Å². The van der Waals surface area contributed by atoms with Gasteiger partial charge in [0.2, 0.25) is 6.29 Å². The minimum absolute atomic E-state index is 0.368. The summed E-state index contributed by atoms with van der Waals surface area (Å²) >= 11 is 7.13. The van der Waals surface area contributed by atoms with Crippen molar-refractivity contribution in [1.29, 1.82) is 0 Å². The van der Waals surface area contributed by atoms with Gasteiger partial charge in [0.15, 0.2) is 5.01 Å². The lowest BCUT2D eigenvalue weighted by molar-refractivity contribution is -0.140. The van der Waals surface area contributed by atoms with Crippen molar-refractivity contribution in [1.82, 2.24) is 4.98 Å². The third-order valence-electron chi connectivity index (χ3n) is 1.33. The van der Waals surface area contributed by atoms with E-state index in [-0.39, 0.29) is 6.29 Å². The number of halogens is 1. The summed E-state index contributed by atoms with van der Waals surface area (Å²) in [7, 11) is 0. The highest BCUT2D eigenvalue weighted by Gasteiger charge is 2.14. The summed E-state index contributed by atoms with van der Waals surface area (Å²) in [6.45, 7) is 5.03. The largest absolute Gasteiger partial charge is 0.347 e. The number of hydrogen-bond acceptors (Lipinski definition) is 4. The van der Waals surface area contributed by atoms with Gasteiger partial charge in [-0.3, -0.25) is 0 Å². The zero-order valence-corrected chi connectivity index (χ0v) is 9.19. The summed E-state index contributed by atoms with van der Waals surface area (Å²) in [5.74, 6) is 0. The van der Waals surface area contributed by atoms with E-state index < -0.39 is 0 Å². The van der Waals surface area contributed by atoms with Crippen LogP contribution in [-0.4, -0.2) is 18.2 Å². The maximum absolute atomic E-state index is 5.75. The number of aromatic nitrogens is 1. The molecule has 0 bridgehead atoms. The molecule has 0 atom stereocenters. The number of thiazole rings is 1. The Morgan fingerprint density at radius 3 is 2.46 bits per heavy atom. The molecule has 3 nitrogen and oxygen atoms in total. The van der Waals surface area contributed by atoms with Crippen LogP contribution in [0.15, 0.2) is 6.20 Å². The standard InChI is InChI=1S/C8H12ClNO2S/c1-3-11-8(12-4-2)7-10-5-6(9)13-7/h5,8H,3-4H2,1-2H3. The van der Waals surface area contributed by atoms with E-state index in [1.165, 1.54) is 11.3 Å². The summed E-state index contributed by atoms with van der Waals surface area (Å²) in [5, 5.41) is 0.772. The van der Waals surface area contributed by atoms with E-state index in [0.29, 0.717) is 17.6 Å². The van der Waals surface area contributed by atoms with Crippen LogP contribution >= 0.6 is 22.9 Å². The third-order valence-corrected chi connectivity index (χ3v) is 2.47. The van der Waals surface area contributed by atoms with Gasteiger partial charge in [-0.1, -0.05) is 11.6 Å². The molecule has 0 saturated carbocycles. The lowest BCUT2D eigenvalue weighted by atomic mass is 10.6. The molecular formula is C8H12ClNO2S. The second-order valence-electron chi connectivity index (χ2n) is 2.25. The SMILES string of the molecule is CCOC(OCC)c1ncc(Cl)s1. The summed E-state index contributed by atoms with van der Waals surface area (Å²) in [6.07, 6.45) is 1.24. The number of ether oxygens (including phenoxy) is 2. The molecule has 0 aliphatic carbocycles. The van der Waals surface area contributed by atoms with Gasteiger partial charge in [-0.25, -0.2) is 4.98 Å². The van der Waals surface area contributed by atoms with E-state index in [1.807, 2.05) is 13.8 Å². The van der Waals surface area contributed by atoms with Gasteiger partial charge in [0.1, 0.15) is 4.34 Å². The molecule has 0 aliphatic rings. The first-order valence-electron chi connectivity index (χ1n) is 4.12. The first-order valence-corrected chi connectivity index (χ1v) is 5.31. The van der Waals surface area contributed by atoms with Crippen molar-refractivity contribution >= 4 is 22.9 Å². The molecule has 1 aromatic heterocycles. The Morgan fingerprint density at radius 2 is 2.08 bits per heavy atom. The highest BCUT2D eigenvalue weighted by Crippen LogP contribution is 2.26. The minimum Gasteiger partial charge on any atom is -0.347 e. The van der Waals surface area contributed by atoms with Crippen molar-refractivity contribution in [2.75, 3.05) is 13.2 Å². The quantitative estimate of drug-likeness (QED) is 0.717. The summed E-state index contributed by atoms with van der Waals surface area (Å²) in [6, 6.07) is 0. The number of hydrogen-bond donors (Lipinski definition) is 0. The third kappa shape index (κ3) is 3.23. The van der Waals surface area contributed by atoms with Crippen LogP contribution in [0.3, 0.4) is 0 Å². The Labute approximate surface area is 86.6 Å². The number of rotatable bonds is 5. The summed E-state index contributed by atoms with van der Waals surface area (Å²) < 4.78 is 11.3. The second-order valence-corrected chi connectivity index (χ2v) is 3.94. The number of nitrogens with zero attached hydrogens (tertiary/aromatic N) is 1. The Balaban J connectivity index is 2.63. The minimum atomic E-state index is -0.368. The molecule has 1 heterocycles. The predicted octanol–water partition coefficient (Wildman–Crippen LogP) is 2.87. The van der Waals surface area contributed by atoms with Crippen LogP contribution in [0.5, 0.6) is 0 Å². The predicted molar refractivity (Wildman–Crippen MR) is 53.1 cm³/mol. The van der Waals surface area contributed by atoms with Crippen molar-refractivity contribution < 1.29 is 9.47 Å². The molecule has 0 aliphatic heterocycles. The van der Waals surface area contributed by atoms with Crippen LogP contribution in [0, 0.1) is 0 Å². The zero-order valence-electron chi connectivity index (χ0n) is 7.62. The van der Waals surface area contributed by atoms with Crippen molar-refractivity contribution in [3.8, 4) is 0 Å². The molecule has 74 valence electrons. The molecule has 0 unspecified atom stereocenters. The van der Waals surface area contributed by atoms with E-state index in [0.717, 1.165) is 5.01 Å². The molecule has 1 rings (SSSR count). The maximum Gasteiger partial charge on any atom is 0.210 e. The fraction of sp³-hybridized carbons (Fsp3) is 0.625. The first kappa shape index (κ1) is 10.9. The van der Waals surface area contributed by atoms with E-state index in [1.54, 1.807) is 6.20 Å². The highest BCUT2D eigenvalue weighted by molar-refractivity contribution is 7.15. The van der Waals surface area contributed by atoms with E-state index in [4.69, 9.17) is 21.1 Å². The molecule has 0 aromatic carbocycles. The molecule has 5 heteroatoms. The molecule has 0 fully saturated rings. The second kappa shape index (κ2) is 5.54. The van der Waals surface area contributed by atoms with E-state index >= 15 is 0 Å². The van der Waals surface area contributed by atoms with E-state index in [2.05, 4.69) is 4.98 Å². The van der Waals surface area contributed by atoms with Crippen molar-refractivity contribution in [3.05, 3.63) is 15.5 Å². The normalized spacial score (nSPS) is 11.1. The van der Waals surface area contributed by atoms with Crippen LogP contribution in [-0.2, 0) is 9.47 Å². The molecule has 13 heavy (non-hydrogen) atoms. The summed E-state index contributed by atoms with van der Waals surface area (Å²) in [4.78, 5) is 4.09. The molecule has 0 spiro atoms. The van der Waals surface area contributed by atoms with Crippen molar-refractivity contribution in [2.45, 2.75) is 20.1 Å².